The average molecular weight is 386 g/mol. The minimum absolute atomic E-state index is 0.538. The van der Waals surface area contributed by atoms with Gasteiger partial charge in [0, 0.05) is 30.2 Å². The molecule has 0 fully saturated rings. The Morgan fingerprint density at radius 1 is 1.19 bits per heavy atom. The smallest absolute Gasteiger partial charge is 0.137 e. The first kappa shape index (κ1) is 19.1. The van der Waals surface area contributed by atoms with E-state index in [9.17, 15) is 0 Å². The molecule has 0 unspecified atom stereocenters. The summed E-state index contributed by atoms with van der Waals surface area (Å²) in [6, 6.07) is 9.99. The molecule has 3 aromatic rings. The van der Waals surface area contributed by atoms with Gasteiger partial charge in [-0.2, -0.15) is 0 Å². The lowest BCUT2D eigenvalue weighted by Crippen LogP contribution is -2.07. The molecule has 0 aliphatic carbocycles. The van der Waals surface area contributed by atoms with Crippen molar-refractivity contribution in [3.05, 3.63) is 70.8 Å². The van der Waals surface area contributed by atoms with Crippen molar-refractivity contribution in [1.82, 2.24) is 9.55 Å². The number of hydrogen-bond acceptors (Lipinski definition) is 4. The third kappa shape index (κ3) is 4.74. The zero-order chi connectivity index (χ0) is 19.2. The third-order valence-electron chi connectivity index (χ3n) is 4.45. The summed E-state index contributed by atoms with van der Waals surface area (Å²) in [5.74, 6) is 1.60. The van der Waals surface area contributed by atoms with Crippen LogP contribution in [0.2, 0.25) is 5.02 Å². The summed E-state index contributed by atoms with van der Waals surface area (Å²) in [6.07, 6.45) is 5.42. The highest BCUT2D eigenvalue weighted by Gasteiger charge is 2.08. The van der Waals surface area contributed by atoms with Crippen LogP contribution in [0, 0.1) is 13.8 Å². The van der Waals surface area contributed by atoms with Crippen molar-refractivity contribution in [3.63, 3.8) is 0 Å². The molecule has 0 radical (unpaired) electrons. The molecule has 0 bridgehead atoms. The van der Waals surface area contributed by atoms with E-state index in [0.717, 1.165) is 34.7 Å². The van der Waals surface area contributed by atoms with E-state index in [2.05, 4.69) is 29.4 Å². The van der Waals surface area contributed by atoms with Crippen molar-refractivity contribution in [2.45, 2.75) is 26.9 Å². The molecule has 0 amide bonds. The summed E-state index contributed by atoms with van der Waals surface area (Å²) in [6.45, 7) is 6.03. The fourth-order valence-electron chi connectivity index (χ4n) is 2.98. The van der Waals surface area contributed by atoms with Crippen LogP contribution in [0.3, 0.4) is 0 Å². The number of halogens is 1. The molecule has 142 valence electrons. The molecule has 0 aliphatic rings. The number of rotatable bonds is 8. The average Bonchev–Trinajstić information content (AvgIpc) is 3.16. The topological polar surface area (TPSA) is 48.3 Å². The maximum absolute atomic E-state index is 6.38. The quantitative estimate of drug-likeness (QED) is 0.602. The number of nitrogens with zero attached hydrogens (tertiary/aromatic N) is 2. The van der Waals surface area contributed by atoms with E-state index in [1.807, 2.05) is 35.9 Å². The van der Waals surface area contributed by atoms with Crippen LogP contribution in [0.1, 0.15) is 16.7 Å². The highest BCUT2D eigenvalue weighted by Crippen LogP contribution is 2.30. The Balaban J connectivity index is 1.59. The molecule has 0 spiro atoms. The van der Waals surface area contributed by atoms with E-state index >= 15 is 0 Å². The van der Waals surface area contributed by atoms with Gasteiger partial charge in [0.2, 0.25) is 0 Å². The highest BCUT2D eigenvalue weighted by molar-refractivity contribution is 6.32. The predicted molar refractivity (Wildman–Crippen MR) is 109 cm³/mol. The summed E-state index contributed by atoms with van der Waals surface area (Å²) in [4.78, 5) is 4.01. The second kappa shape index (κ2) is 8.82. The minimum atomic E-state index is 0.538. The maximum Gasteiger partial charge on any atom is 0.137 e. The molecular formula is C21H24ClN3O2. The number of imidazole rings is 1. The molecule has 6 heteroatoms. The van der Waals surface area contributed by atoms with Crippen molar-refractivity contribution in [3.8, 4) is 11.5 Å². The standard InChI is InChI=1S/C21H24ClN3O2/c1-15-4-6-19(16(2)21(15)26-3)24-13-17-5-7-20(18(22)12-17)27-11-10-25-9-8-23-14-25/h4-9,12,14,24H,10-11,13H2,1-3H3. The van der Waals surface area contributed by atoms with Crippen LogP contribution < -0.4 is 14.8 Å². The summed E-state index contributed by atoms with van der Waals surface area (Å²) in [7, 11) is 1.70. The number of ether oxygens (including phenoxy) is 2. The molecule has 2 aromatic carbocycles. The molecule has 0 atom stereocenters. The van der Waals surface area contributed by atoms with Crippen molar-refractivity contribution in [2.75, 3.05) is 19.0 Å². The summed E-state index contributed by atoms with van der Waals surface area (Å²) >= 11 is 6.38. The van der Waals surface area contributed by atoms with Crippen LogP contribution in [0.25, 0.3) is 0 Å². The van der Waals surface area contributed by atoms with Crippen molar-refractivity contribution in [1.29, 1.82) is 0 Å². The monoisotopic (exact) mass is 385 g/mol. The van der Waals surface area contributed by atoms with Gasteiger partial charge in [-0.05, 0) is 43.2 Å². The molecule has 1 heterocycles. The molecule has 27 heavy (non-hydrogen) atoms. The molecular weight excluding hydrogens is 362 g/mol. The van der Waals surface area contributed by atoms with Gasteiger partial charge in [0.15, 0.2) is 0 Å². The lowest BCUT2D eigenvalue weighted by atomic mass is 10.1. The van der Waals surface area contributed by atoms with Gasteiger partial charge in [-0.1, -0.05) is 23.7 Å². The fourth-order valence-corrected chi connectivity index (χ4v) is 3.24. The Labute approximate surface area is 164 Å². The van der Waals surface area contributed by atoms with E-state index in [1.54, 1.807) is 19.6 Å². The van der Waals surface area contributed by atoms with Crippen molar-refractivity contribution in [2.24, 2.45) is 0 Å². The number of hydrogen-bond donors (Lipinski definition) is 1. The van der Waals surface area contributed by atoms with Crippen LogP contribution in [-0.4, -0.2) is 23.3 Å². The minimum Gasteiger partial charge on any atom is -0.496 e. The Kier molecular flexibility index (Phi) is 6.24. The van der Waals surface area contributed by atoms with Crippen LogP contribution in [0.5, 0.6) is 11.5 Å². The number of methoxy groups -OCH3 is 1. The van der Waals surface area contributed by atoms with Gasteiger partial charge in [0.05, 0.1) is 25.0 Å². The number of aryl methyl sites for hydroxylation is 1. The Hall–Kier alpha value is -2.66. The van der Waals surface area contributed by atoms with Gasteiger partial charge < -0.3 is 19.4 Å². The normalized spacial score (nSPS) is 10.7. The summed E-state index contributed by atoms with van der Waals surface area (Å²) < 4.78 is 13.2. The number of nitrogens with one attached hydrogen (secondary N) is 1. The molecule has 5 nitrogen and oxygen atoms in total. The van der Waals surface area contributed by atoms with Gasteiger partial charge in [0.1, 0.15) is 18.1 Å². The first-order chi connectivity index (χ1) is 13.1. The third-order valence-corrected chi connectivity index (χ3v) is 4.75. The van der Waals surface area contributed by atoms with Crippen LogP contribution in [0.15, 0.2) is 49.1 Å². The number of benzene rings is 2. The van der Waals surface area contributed by atoms with Gasteiger partial charge in [-0.3, -0.25) is 0 Å². The predicted octanol–water partition coefficient (Wildman–Crippen LogP) is 4.85. The zero-order valence-corrected chi connectivity index (χ0v) is 16.6. The first-order valence-electron chi connectivity index (χ1n) is 8.83. The van der Waals surface area contributed by atoms with Crippen molar-refractivity contribution < 1.29 is 9.47 Å². The van der Waals surface area contributed by atoms with E-state index < -0.39 is 0 Å². The molecule has 0 aliphatic heterocycles. The van der Waals surface area contributed by atoms with E-state index in [4.69, 9.17) is 21.1 Å². The highest BCUT2D eigenvalue weighted by atomic mass is 35.5. The molecule has 3 rings (SSSR count). The van der Waals surface area contributed by atoms with Crippen molar-refractivity contribution >= 4 is 17.3 Å². The zero-order valence-electron chi connectivity index (χ0n) is 15.8. The summed E-state index contributed by atoms with van der Waals surface area (Å²) in [5.41, 5.74) is 4.36. The molecule has 0 saturated carbocycles. The van der Waals surface area contributed by atoms with E-state index in [0.29, 0.717) is 23.9 Å². The Bertz CT molecular complexity index is 895. The van der Waals surface area contributed by atoms with E-state index in [1.165, 1.54) is 0 Å². The lowest BCUT2D eigenvalue weighted by molar-refractivity contribution is 0.298. The Morgan fingerprint density at radius 2 is 2.04 bits per heavy atom. The maximum atomic E-state index is 6.38. The van der Waals surface area contributed by atoms with E-state index in [-0.39, 0.29) is 0 Å². The van der Waals surface area contributed by atoms with Crippen LogP contribution in [-0.2, 0) is 13.1 Å². The lowest BCUT2D eigenvalue weighted by Gasteiger charge is -2.15. The second-order valence-electron chi connectivity index (χ2n) is 6.36. The molecule has 1 aromatic heterocycles. The SMILES string of the molecule is COc1c(C)ccc(NCc2ccc(OCCn3ccnc3)c(Cl)c2)c1C. The number of aromatic nitrogens is 2. The van der Waals surface area contributed by atoms with Crippen LogP contribution >= 0.6 is 11.6 Å². The van der Waals surface area contributed by atoms with Gasteiger partial charge in [-0.15, -0.1) is 0 Å². The largest absolute Gasteiger partial charge is 0.496 e. The fraction of sp³-hybridized carbons (Fsp3) is 0.286. The Morgan fingerprint density at radius 3 is 2.74 bits per heavy atom. The number of anilines is 1. The van der Waals surface area contributed by atoms with Gasteiger partial charge in [0.25, 0.3) is 0 Å². The molecule has 0 saturated heterocycles. The second-order valence-corrected chi connectivity index (χ2v) is 6.76. The summed E-state index contributed by atoms with van der Waals surface area (Å²) in [5, 5.41) is 4.06. The van der Waals surface area contributed by atoms with Crippen LogP contribution in [0.4, 0.5) is 5.69 Å². The van der Waals surface area contributed by atoms with Gasteiger partial charge in [-0.25, -0.2) is 4.98 Å². The molecule has 1 N–H and O–H groups in total. The first-order valence-corrected chi connectivity index (χ1v) is 9.21. The van der Waals surface area contributed by atoms with Gasteiger partial charge >= 0.3 is 0 Å².